The van der Waals surface area contributed by atoms with Gasteiger partial charge in [-0.05, 0) is 18.2 Å². The zero-order valence-electron chi connectivity index (χ0n) is 10.6. The van der Waals surface area contributed by atoms with Crippen molar-refractivity contribution in [2.75, 3.05) is 18.4 Å². The van der Waals surface area contributed by atoms with E-state index < -0.39 is 17.6 Å². The molecule has 0 aliphatic carbocycles. The van der Waals surface area contributed by atoms with Crippen molar-refractivity contribution in [3.63, 3.8) is 0 Å². The average molecular weight is 307 g/mol. The zero-order valence-corrected chi connectivity index (χ0v) is 11.3. The molecule has 1 amide bonds. The van der Waals surface area contributed by atoms with Crippen LogP contribution in [-0.4, -0.2) is 19.0 Å². The monoisotopic (exact) mass is 306 g/mol. The molecule has 2 N–H and O–H groups in total. The molecule has 110 valence electrons. The third-order valence-electron chi connectivity index (χ3n) is 2.38. The Labute approximate surface area is 119 Å². The van der Waals surface area contributed by atoms with Crippen LogP contribution in [0, 0.1) is 0 Å². The summed E-state index contributed by atoms with van der Waals surface area (Å²) in [7, 11) is 0. The number of hydrogen-bond donors (Lipinski definition) is 2. The summed E-state index contributed by atoms with van der Waals surface area (Å²) in [4.78, 5) is 11.6. The molecule has 0 atom stereocenters. The van der Waals surface area contributed by atoms with Gasteiger partial charge in [0.25, 0.3) is 0 Å². The van der Waals surface area contributed by atoms with E-state index in [0.717, 1.165) is 12.1 Å². The van der Waals surface area contributed by atoms with Gasteiger partial charge in [-0.15, -0.1) is 6.58 Å². The van der Waals surface area contributed by atoms with E-state index in [1.165, 1.54) is 6.07 Å². The van der Waals surface area contributed by atoms with E-state index in [9.17, 15) is 18.0 Å². The second-order valence-electron chi connectivity index (χ2n) is 3.98. The Bertz CT molecular complexity index is 489. The maximum Gasteiger partial charge on any atom is 0.418 e. The Morgan fingerprint density at radius 1 is 1.40 bits per heavy atom. The number of anilines is 1. The molecule has 0 saturated carbocycles. The highest BCUT2D eigenvalue weighted by Crippen LogP contribution is 2.36. The first-order chi connectivity index (χ1) is 9.34. The molecule has 0 aromatic heterocycles. The molecule has 0 aliphatic heterocycles. The molecule has 0 aliphatic rings. The van der Waals surface area contributed by atoms with Gasteiger partial charge in [-0.3, -0.25) is 4.79 Å². The Kier molecular flexibility index (Phi) is 6.04. The topological polar surface area (TPSA) is 41.1 Å². The number of carbonyl (C=O) groups is 1. The SMILES string of the molecule is C=CCNCCC(=O)Nc1ccc(Cl)cc1C(F)(F)F. The first-order valence-electron chi connectivity index (χ1n) is 5.83. The third kappa shape index (κ3) is 5.22. The predicted molar refractivity (Wildman–Crippen MR) is 72.8 cm³/mol. The van der Waals surface area contributed by atoms with Gasteiger partial charge in [0.1, 0.15) is 0 Å². The summed E-state index contributed by atoms with van der Waals surface area (Å²) in [5.74, 6) is -0.505. The number of amides is 1. The van der Waals surface area contributed by atoms with Gasteiger partial charge in [0, 0.05) is 24.5 Å². The number of benzene rings is 1. The molecule has 1 aromatic rings. The van der Waals surface area contributed by atoms with Crippen LogP contribution in [0.1, 0.15) is 12.0 Å². The van der Waals surface area contributed by atoms with E-state index in [4.69, 9.17) is 11.6 Å². The first kappa shape index (κ1) is 16.5. The molecule has 3 nitrogen and oxygen atoms in total. The third-order valence-corrected chi connectivity index (χ3v) is 2.61. The maximum atomic E-state index is 12.8. The Hall–Kier alpha value is -1.53. The summed E-state index contributed by atoms with van der Waals surface area (Å²) in [5, 5.41) is 5.08. The Balaban J connectivity index is 2.72. The summed E-state index contributed by atoms with van der Waals surface area (Å²) >= 11 is 5.55. The van der Waals surface area contributed by atoms with Gasteiger partial charge in [-0.1, -0.05) is 17.7 Å². The van der Waals surface area contributed by atoms with Crippen LogP contribution in [0.25, 0.3) is 0 Å². The summed E-state index contributed by atoms with van der Waals surface area (Å²) in [5.41, 5.74) is -1.26. The molecular formula is C13H14ClF3N2O. The molecular weight excluding hydrogens is 293 g/mol. The largest absolute Gasteiger partial charge is 0.418 e. The highest BCUT2D eigenvalue weighted by atomic mass is 35.5. The van der Waals surface area contributed by atoms with Gasteiger partial charge in [-0.25, -0.2) is 0 Å². The summed E-state index contributed by atoms with van der Waals surface area (Å²) in [6.45, 7) is 4.38. The maximum absolute atomic E-state index is 12.8. The average Bonchev–Trinajstić information content (AvgIpc) is 2.35. The van der Waals surface area contributed by atoms with Crippen LogP contribution in [0.3, 0.4) is 0 Å². The van der Waals surface area contributed by atoms with Crippen molar-refractivity contribution >= 4 is 23.2 Å². The molecule has 0 radical (unpaired) electrons. The van der Waals surface area contributed by atoms with E-state index >= 15 is 0 Å². The number of hydrogen-bond acceptors (Lipinski definition) is 2. The lowest BCUT2D eigenvalue weighted by Crippen LogP contribution is -2.23. The minimum Gasteiger partial charge on any atom is -0.325 e. The molecule has 0 fully saturated rings. The highest BCUT2D eigenvalue weighted by molar-refractivity contribution is 6.30. The van der Waals surface area contributed by atoms with E-state index in [2.05, 4.69) is 17.2 Å². The van der Waals surface area contributed by atoms with Crippen molar-refractivity contribution < 1.29 is 18.0 Å². The number of alkyl halides is 3. The predicted octanol–water partition coefficient (Wildman–Crippen LogP) is 3.46. The smallest absolute Gasteiger partial charge is 0.325 e. The van der Waals surface area contributed by atoms with Crippen molar-refractivity contribution in [2.24, 2.45) is 0 Å². The molecule has 0 bridgehead atoms. The summed E-state index contributed by atoms with van der Waals surface area (Å²) < 4.78 is 38.4. The fourth-order valence-corrected chi connectivity index (χ4v) is 1.65. The highest BCUT2D eigenvalue weighted by Gasteiger charge is 2.34. The van der Waals surface area contributed by atoms with Gasteiger partial charge in [0.05, 0.1) is 11.3 Å². The van der Waals surface area contributed by atoms with Crippen LogP contribution >= 0.6 is 11.6 Å². The minimum absolute atomic E-state index is 0.0389. The minimum atomic E-state index is -4.57. The lowest BCUT2D eigenvalue weighted by atomic mass is 10.1. The molecule has 0 spiro atoms. The van der Waals surface area contributed by atoms with Crippen molar-refractivity contribution in [2.45, 2.75) is 12.6 Å². The van der Waals surface area contributed by atoms with Crippen molar-refractivity contribution in [1.82, 2.24) is 5.32 Å². The quantitative estimate of drug-likeness (QED) is 0.624. The summed E-state index contributed by atoms with van der Waals surface area (Å²) in [6, 6.07) is 3.22. The molecule has 7 heteroatoms. The van der Waals surface area contributed by atoms with Gasteiger partial charge in [0.2, 0.25) is 5.91 Å². The molecule has 0 saturated heterocycles. The van der Waals surface area contributed by atoms with Crippen LogP contribution in [-0.2, 0) is 11.0 Å². The van der Waals surface area contributed by atoms with E-state index in [1.807, 2.05) is 0 Å². The van der Waals surface area contributed by atoms with Gasteiger partial charge in [0.15, 0.2) is 0 Å². The second kappa shape index (κ2) is 7.31. The van der Waals surface area contributed by atoms with Crippen LogP contribution < -0.4 is 10.6 Å². The number of halogens is 4. The van der Waals surface area contributed by atoms with E-state index in [0.29, 0.717) is 13.1 Å². The lowest BCUT2D eigenvalue weighted by Gasteiger charge is -2.14. The standard InChI is InChI=1S/C13H14ClF3N2O/c1-2-6-18-7-5-12(20)19-11-4-3-9(14)8-10(11)13(15,16)17/h2-4,8,18H,1,5-7H2,(H,19,20). The molecule has 1 rings (SSSR count). The molecule has 0 unspecified atom stereocenters. The Morgan fingerprint density at radius 2 is 2.10 bits per heavy atom. The number of rotatable bonds is 6. The van der Waals surface area contributed by atoms with Gasteiger partial charge in [-0.2, -0.15) is 13.2 Å². The van der Waals surface area contributed by atoms with Crippen molar-refractivity contribution in [3.05, 3.63) is 41.4 Å². The fourth-order valence-electron chi connectivity index (χ4n) is 1.48. The zero-order chi connectivity index (χ0) is 15.2. The van der Waals surface area contributed by atoms with Crippen LogP contribution in [0.4, 0.5) is 18.9 Å². The van der Waals surface area contributed by atoms with E-state index in [1.54, 1.807) is 6.08 Å². The van der Waals surface area contributed by atoms with Crippen LogP contribution in [0.15, 0.2) is 30.9 Å². The fraction of sp³-hybridized carbons (Fsp3) is 0.308. The Morgan fingerprint density at radius 3 is 2.70 bits per heavy atom. The number of nitrogens with one attached hydrogen (secondary N) is 2. The molecule has 0 heterocycles. The van der Waals surface area contributed by atoms with Gasteiger partial charge < -0.3 is 10.6 Å². The molecule has 1 aromatic carbocycles. The number of carbonyl (C=O) groups excluding carboxylic acids is 1. The molecule has 20 heavy (non-hydrogen) atoms. The first-order valence-corrected chi connectivity index (χ1v) is 6.20. The van der Waals surface area contributed by atoms with Crippen molar-refractivity contribution in [1.29, 1.82) is 0 Å². The lowest BCUT2D eigenvalue weighted by molar-refractivity contribution is -0.137. The second-order valence-corrected chi connectivity index (χ2v) is 4.42. The van der Waals surface area contributed by atoms with Crippen molar-refractivity contribution in [3.8, 4) is 0 Å². The van der Waals surface area contributed by atoms with Gasteiger partial charge >= 0.3 is 6.18 Å². The van der Waals surface area contributed by atoms with E-state index in [-0.39, 0.29) is 17.1 Å². The van der Waals surface area contributed by atoms with Crippen LogP contribution in [0.5, 0.6) is 0 Å². The normalized spacial score (nSPS) is 11.2. The summed E-state index contributed by atoms with van der Waals surface area (Å²) in [6.07, 6.45) is -2.89. The van der Waals surface area contributed by atoms with Crippen LogP contribution in [0.2, 0.25) is 5.02 Å².